The molecule has 4 atom stereocenters. The molecule has 0 radical (unpaired) electrons. The number of ether oxygens (including phenoxy) is 5. The van der Waals surface area contributed by atoms with Crippen molar-refractivity contribution >= 4 is 23.6 Å². The van der Waals surface area contributed by atoms with E-state index in [1.165, 1.54) is 0 Å². The van der Waals surface area contributed by atoms with Crippen LogP contribution in [0.4, 0.5) is 0 Å². The molecule has 0 heterocycles. The molecule has 16 heteroatoms. The fraction of sp³-hybridized carbons (Fsp3) is 0.677. The monoisotopic (exact) mass is 670 g/mol. The Balaban J connectivity index is 2.71. The van der Waals surface area contributed by atoms with Crippen molar-refractivity contribution in [3.05, 3.63) is 29.8 Å². The third kappa shape index (κ3) is 18.5. The summed E-state index contributed by atoms with van der Waals surface area (Å²) in [5.41, 5.74) is 17.5. The van der Waals surface area contributed by atoms with Crippen LogP contribution in [0.1, 0.15) is 38.2 Å². The van der Waals surface area contributed by atoms with E-state index in [1.54, 1.807) is 19.2 Å². The van der Waals surface area contributed by atoms with Crippen molar-refractivity contribution in [2.75, 3.05) is 73.1 Å². The molecule has 0 aliphatic heterocycles. The summed E-state index contributed by atoms with van der Waals surface area (Å²) in [5.74, 6) is -2.19. The van der Waals surface area contributed by atoms with Gasteiger partial charge < -0.3 is 61.9 Å². The first kappa shape index (κ1) is 41.6. The van der Waals surface area contributed by atoms with E-state index in [1.807, 2.05) is 19.1 Å². The number of aryl methyl sites for hydroxylation is 1. The number of benzene rings is 1. The van der Waals surface area contributed by atoms with Gasteiger partial charge in [-0.05, 0) is 63.4 Å². The zero-order valence-electron chi connectivity index (χ0n) is 27.6. The van der Waals surface area contributed by atoms with Crippen LogP contribution < -0.4 is 37.9 Å². The fourth-order valence-electron chi connectivity index (χ4n) is 4.25. The first-order valence-electron chi connectivity index (χ1n) is 15.9. The Morgan fingerprint density at radius 2 is 1.30 bits per heavy atom. The Morgan fingerprint density at radius 1 is 0.745 bits per heavy atom. The van der Waals surface area contributed by atoms with Gasteiger partial charge in [-0.15, -0.1) is 0 Å². The Hall–Kier alpha value is -3.38. The van der Waals surface area contributed by atoms with Crippen LogP contribution >= 0.6 is 0 Å². The van der Waals surface area contributed by atoms with E-state index < -0.39 is 47.9 Å². The maximum atomic E-state index is 13.3. The van der Waals surface area contributed by atoms with Crippen molar-refractivity contribution in [2.24, 2.45) is 17.2 Å². The number of aliphatic hydroxyl groups is 1. The first-order chi connectivity index (χ1) is 22.7. The molecule has 4 amide bonds. The van der Waals surface area contributed by atoms with Crippen LogP contribution in [-0.4, -0.2) is 126 Å². The zero-order valence-corrected chi connectivity index (χ0v) is 27.6. The SMILES string of the molecule is CCOCCOCCOCCOCCC(=O)N[C@@H](CCN)C(=O)N[C@H](C(=O)NC(CCN)C(N)=O)[C@H](O)CCc1ccc(OC)cc1. The molecule has 1 rings (SSSR count). The highest BCUT2D eigenvalue weighted by Crippen LogP contribution is 2.14. The summed E-state index contributed by atoms with van der Waals surface area (Å²) in [6, 6.07) is 3.48. The highest BCUT2D eigenvalue weighted by molar-refractivity contribution is 5.94. The minimum atomic E-state index is -1.48. The Morgan fingerprint density at radius 3 is 1.83 bits per heavy atom. The van der Waals surface area contributed by atoms with E-state index >= 15 is 0 Å². The Kier molecular flexibility index (Phi) is 22.8. The van der Waals surface area contributed by atoms with E-state index in [-0.39, 0.29) is 52.0 Å². The lowest BCUT2D eigenvalue weighted by molar-refractivity contribution is -0.136. The quantitative estimate of drug-likeness (QED) is 0.0483. The van der Waals surface area contributed by atoms with Gasteiger partial charge in [-0.3, -0.25) is 19.2 Å². The minimum absolute atomic E-state index is 0.0390. The molecule has 268 valence electrons. The van der Waals surface area contributed by atoms with Crippen LogP contribution in [0.2, 0.25) is 0 Å². The molecule has 47 heavy (non-hydrogen) atoms. The van der Waals surface area contributed by atoms with E-state index in [9.17, 15) is 24.3 Å². The molecule has 0 aromatic heterocycles. The highest BCUT2D eigenvalue weighted by Gasteiger charge is 2.33. The first-order valence-corrected chi connectivity index (χ1v) is 15.9. The molecule has 0 saturated carbocycles. The summed E-state index contributed by atoms with van der Waals surface area (Å²) in [4.78, 5) is 51.0. The second-order valence-corrected chi connectivity index (χ2v) is 10.5. The third-order valence-corrected chi connectivity index (χ3v) is 6.87. The van der Waals surface area contributed by atoms with Gasteiger partial charge in [-0.2, -0.15) is 0 Å². The lowest BCUT2D eigenvalue weighted by Gasteiger charge is -2.27. The number of nitrogens with one attached hydrogen (secondary N) is 3. The molecule has 10 N–H and O–H groups in total. The predicted octanol–water partition coefficient (Wildman–Crippen LogP) is -1.90. The van der Waals surface area contributed by atoms with Gasteiger partial charge in [0.25, 0.3) is 0 Å². The number of hydrogen-bond donors (Lipinski definition) is 7. The molecule has 0 fully saturated rings. The number of carbonyl (C=O) groups excluding carboxylic acids is 4. The van der Waals surface area contributed by atoms with E-state index in [2.05, 4.69) is 16.0 Å². The summed E-state index contributed by atoms with van der Waals surface area (Å²) in [6.07, 6.45) is -0.830. The number of aliphatic hydroxyl groups excluding tert-OH is 1. The fourth-order valence-corrected chi connectivity index (χ4v) is 4.25. The van der Waals surface area contributed by atoms with Crippen LogP contribution in [0.25, 0.3) is 0 Å². The van der Waals surface area contributed by atoms with Crippen molar-refractivity contribution in [1.29, 1.82) is 0 Å². The number of nitrogens with two attached hydrogens (primary N) is 3. The summed E-state index contributed by atoms with van der Waals surface area (Å²) < 4.78 is 26.5. The van der Waals surface area contributed by atoms with Gasteiger partial charge in [0.05, 0.1) is 59.5 Å². The van der Waals surface area contributed by atoms with Gasteiger partial charge in [0.1, 0.15) is 23.9 Å². The maximum absolute atomic E-state index is 13.3. The number of carbonyl (C=O) groups is 4. The van der Waals surface area contributed by atoms with Crippen LogP contribution in [-0.2, 0) is 44.5 Å². The highest BCUT2D eigenvalue weighted by atomic mass is 16.6. The average Bonchev–Trinajstić information content (AvgIpc) is 3.06. The largest absolute Gasteiger partial charge is 0.497 e. The number of rotatable bonds is 28. The molecule has 0 aliphatic carbocycles. The van der Waals surface area contributed by atoms with Gasteiger partial charge in [-0.25, -0.2) is 0 Å². The van der Waals surface area contributed by atoms with Gasteiger partial charge in [0.15, 0.2) is 0 Å². The second kappa shape index (κ2) is 25.7. The summed E-state index contributed by atoms with van der Waals surface area (Å²) in [7, 11) is 1.55. The van der Waals surface area contributed by atoms with E-state index in [0.717, 1.165) is 5.56 Å². The molecule has 16 nitrogen and oxygen atoms in total. The van der Waals surface area contributed by atoms with E-state index in [0.29, 0.717) is 51.8 Å². The van der Waals surface area contributed by atoms with Crippen LogP contribution in [0, 0.1) is 0 Å². The topological polar surface area (TPSA) is 249 Å². The van der Waals surface area contributed by atoms with Crippen molar-refractivity contribution < 1.29 is 48.0 Å². The number of amides is 4. The molecule has 1 aromatic carbocycles. The Bertz CT molecular complexity index is 1030. The van der Waals surface area contributed by atoms with Crippen molar-refractivity contribution in [3.8, 4) is 5.75 Å². The van der Waals surface area contributed by atoms with Gasteiger partial charge in [-0.1, -0.05) is 12.1 Å². The predicted molar refractivity (Wildman–Crippen MR) is 173 cm³/mol. The van der Waals surface area contributed by atoms with Crippen molar-refractivity contribution in [3.63, 3.8) is 0 Å². The summed E-state index contributed by atoms with van der Waals surface area (Å²) in [5, 5.41) is 18.6. The molecular weight excluding hydrogens is 616 g/mol. The summed E-state index contributed by atoms with van der Waals surface area (Å²) >= 11 is 0. The standard InChI is InChI=1S/C31H54N6O10/c1-3-44-16-17-46-20-21-47-19-18-45-15-12-27(39)35-25(11-14-33)30(41)37-28(31(42)36-24(10-13-32)29(34)40)26(38)9-6-22-4-7-23(43-2)8-5-22/h4-5,7-8,24-26,28,38H,3,6,9-21,32-33H2,1-2H3,(H2,34,40)(H,35,39)(H,36,42)(H,37,41)/t24?,25-,26+,28-/m0/s1. The normalized spacial score (nSPS) is 13.6. The lowest BCUT2D eigenvalue weighted by Crippen LogP contribution is -2.60. The third-order valence-electron chi connectivity index (χ3n) is 6.87. The zero-order chi connectivity index (χ0) is 34.9. The van der Waals surface area contributed by atoms with Crippen LogP contribution in [0.3, 0.4) is 0 Å². The second-order valence-electron chi connectivity index (χ2n) is 10.5. The molecule has 0 saturated heterocycles. The number of hydrogen-bond acceptors (Lipinski definition) is 12. The number of primary amides is 1. The minimum Gasteiger partial charge on any atom is -0.497 e. The molecule has 0 bridgehead atoms. The Labute approximate surface area is 276 Å². The van der Waals surface area contributed by atoms with Crippen LogP contribution in [0.5, 0.6) is 5.75 Å². The molecule has 1 aromatic rings. The van der Waals surface area contributed by atoms with Gasteiger partial charge in [0, 0.05) is 13.0 Å². The van der Waals surface area contributed by atoms with E-state index in [4.69, 9.17) is 40.9 Å². The molecule has 0 aliphatic rings. The molecule has 0 spiro atoms. The smallest absolute Gasteiger partial charge is 0.245 e. The number of methoxy groups -OCH3 is 1. The van der Waals surface area contributed by atoms with Gasteiger partial charge in [0.2, 0.25) is 23.6 Å². The average molecular weight is 671 g/mol. The maximum Gasteiger partial charge on any atom is 0.245 e. The van der Waals surface area contributed by atoms with Crippen molar-refractivity contribution in [2.45, 2.75) is 63.3 Å². The molecular formula is C31H54N6O10. The lowest BCUT2D eigenvalue weighted by atomic mass is 10.00. The van der Waals surface area contributed by atoms with Crippen molar-refractivity contribution in [1.82, 2.24) is 16.0 Å². The molecule has 1 unspecified atom stereocenters. The van der Waals surface area contributed by atoms with Crippen LogP contribution in [0.15, 0.2) is 24.3 Å². The van der Waals surface area contributed by atoms with Gasteiger partial charge >= 0.3 is 0 Å². The summed E-state index contributed by atoms with van der Waals surface area (Å²) in [6.45, 7) is 5.20.